The number of benzene rings is 2. The fourth-order valence-electron chi connectivity index (χ4n) is 1.69. The second kappa shape index (κ2) is 4.50. The van der Waals surface area contributed by atoms with E-state index in [1.54, 1.807) is 12.1 Å². The monoisotopic (exact) mass is 222 g/mol. The first-order chi connectivity index (χ1) is 8.22. The minimum atomic E-state index is -0.527. The minimum absolute atomic E-state index is 0.371. The number of nitrogens with two attached hydrogens (primary N) is 1. The summed E-state index contributed by atoms with van der Waals surface area (Å²) in [4.78, 5) is 11.4. The molecule has 2 aromatic carbocycles. The first-order valence-electron chi connectivity index (χ1n) is 5.12. The second-order valence-corrected chi connectivity index (χ2v) is 3.60. The Morgan fingerprint density at radius 1 is 1.12 bits per heavy atom. The number of nitrogens with zero attached hydrogens (tertiary/aromatic N) is 1. The smallest absolute Gasteiger partial charge is 0.249 e. The summed E-state index contributed by atoms with van der Waals surface area (Å²) < 4.78 is 0. The molecule has 2 rings (SSSR count). The van der Waals surface area contributed by atoms with Crippen molar-refractivity contribution in [1.29, 1.82) is 5.26 Å². The van der Waals surface area contributed by atoms with E-state index in [1.807, 2.05) is 36.4 Å². The highest BCUT2D eigenvalue weighted by atomic mass is 16.1. The molecule has 2 aromatic rings. The zero-order chi connectivity index (χ0) is 12.3. The molecule has 0 aliphatic carbocycles. The molecule has 0 unspecified atom stereocenters. The van der Waals surface area contributed by atoms with Gasteiger partial charge >= 0.3 is 0 Å². The number of rotatable bonds is 2. The van der Waals surface area contributed by atoms with Crippen LogP contribution < -0.4 is 5.73 Å². The Morgan fingerprint density at radius 3 is 2.41 bits per heavy atom. The molecule has 0 bridgehead atoms. The Morgan fingerprint density at radius 2 is 1.82 bits per heavy atom. The molecule has 2 N–H and O–H groups in total. The number of primary amides is 1. The van der Waals surface area contributed by atoms with Gasteiger partial charge in [-0.3, -0.25) is 4.79 Å². The van der Waals surface area contributed by atoms with Crippen LogP contribution in [-0.4, -0.2) is 5.91 Å². The number of carbonyl (C=O) groups excluding carboxylic acids is 1. The molecule has 82 valence electrons. The number of nitriles is 1. The minimum Gasteiger partial charge on any atom is -0.366 e. The van der Waals surface area contributed by atoms with E-state index in [0.717, 1.165) is 11.1 Å². The third-order valence-corrected chi connectivity index (χ3v) is 2.50. The van der Waals surface area contributed by atoms with Gasteiger partial charge in [0.2, 0.25) is 5.91 Å². The summed E-state index contributed by atoms with van der Waals surface area (Å²) >= 11 is 0. The van der Waals surface area contributed by atoms with E-state index in [4.69, 9.17) is 11.0 Å². The third kappa shape index (κ3) is 2.16. The van der Waals surface area contributed by atoms with E-state index in [0.29, 0.717) is 11.1 Å². The van der Waals surface area contributed by atoms with Crippen molar-refractivity contribution in [1.82, 2.24) is 0 Å². The number of hydrogen-bond donors (Lipinski definition) is 1. The Labute approximate surface area is 99.1 Å². The van der Waals surface area contributed by atoms with Gasteiger partial charge in [0.05, 0.1) is 11.6 Å². The van der Waals surface area contributed by atoms with Crippen molar-refractivity contribution in [2.45, 2.75) is 0 Å². The maximum absolute atomic E-state index is 11.4. The maximum Gasteiger partial charge on any atom is 0.249 e. The largest absolute Gasteiger partial charge is 0.366 e. The molecule has 3 nitrogen and oxygen atoms in total. The van der Waals surface area contributed by atoms with Crippen LogP contribution in [-0.2, 0) is 0 Å². The first kappa shape index (κ1) is 10.9. The zero-order valence-electron chi connectivity index (χ0n) is 9.05. The summed E-state index contributed by atoms with van der Waals surface area (Å²) in [5, 5.41) is 8.80. The van der Waals surface area contributed by atoms with Crippen molar-refractivity contribution >= 4 is 5.91 Å². The Bertz CT molecular complexity index is 597. The van der Waals surface area contributed by atoms with Crippen molar-refractivity contribution in [2.24, 2.45) is 5.73 Å². The molecule has 1 amide bonds. The van der Waals surface area contributed by atoms with Crippen molar-refractivity contribution in [3.63, 3.8) is 0 Å². The summed E-state index contributed by atoms with van der Waals surface area (Å²) in [7, 11) is 0. The second-order valence-electron chi connectivity index (χ2n) is 3.60. The van der Waals surface area contributed by atoms with Crippen molar-refractivity contribution in [2.75, 3.05) is 0 Å². The van der Waals surface area contributed by atoms with Crippen LogP contribution in [0.1, 0.15) is 15.9 Å². The van der Waals surface area contributed by atoms with Gasteiger partial charge in [0.25, 0.3) is 0 Å². The van der Waals surface area contributed by atoms with Gasteiger partial charge in [0.15, 0.2) is 0 Å². The van der Waals surface area contributed by atoms with Gasteiger partial charge in [0, 0.05) is 5.56 Å². The SMILES string of the molecule is N#Cc1ccc(-c2ccccc2)c(C(N)=O)c1. The molecule has 0 radical (unpaired) electrons. The van der Waals surface area contributed by atoms with Crippen LogP contribution in [0.25, 0.3) is 11.1 Å². The number of amides is 1. The molecular formula is C14H10N2O. The average molecular weight is 222 g/mol. The van der Waals surface area contributed by atoms with E-state index in [-0.39, 0.29) is 0 Å². The highest BCUT2D eigenvalue weighted by Crippen LogP contribution is 2.24. The Kier molecular flexibility index (Phi) is 2.89. The lowest BCUT2D eigenvalue weighted by Crippen LogP contribution is -2.12. The van der Waals surface area contributed by atoms with Crippen LogP contribution in [0.3, 0.4) is 0 Å². The van der Waals surface area contributed by atoms with Gasteiger partial charge < -0.3 is 5.73 Å². The number of carbonyl (C=O) groups is 1. The van der Waals surface area contributed by atoms with Gasteiger partial charge in [-0.25, -0.2) is 0 Å². The summed E-state index contributed by atoms with van der Waals surface area (Å²) in [5.74, 6) is -0.527. The topological polar surface area (TPSA) is 66.9 Å². The van der Waals surface area contributed by atoms with E-state index >= 15 is 0 Å². The van der Waals surface area contributed by atoms with Crippen molar-refractivity contribution in [3.05, 3.63) is 59.7 Å². The predicted octanol–water partition coefficient (Wildman–Crippen LogP) is 2.32. The van der Waals surface area contributed by atoms with Crippen LogP contribution in [0.5, 0.6) is 0 Å². The summed E-state index contributed by atoms with van der Waals surface area (Å²) in [5.41, 5.74) is 7.78. The van der Waals surface area contributed by atoms with Gasteiger partial charge in [-0.15, -0.1) is 0 Å². The van der Waals surface area contributed by atoms with Gasteiger partial charge in [0.1, 0.15) is 0 Å². The molecule has 0 aromatic heterocycles. The van der Waals surface area contributed by atoms with E-state index in [2.05, 4.69) is 0 Å². The molecule has 0 aliphatic heterocycles. The first-order valence-corrected chi connectivity index (χ1v) is 5.12. The molecule has 0 spiro atoms. The molecule has 0 atom stereocenters. The molecule has 0 saturated carbocycles. The van der Waals surface area contributed by atoms with Crippen LogP contribution >= 0.6 is 0 Å². The highest BCUT2D eigenvalue weighted by Gasteiger charge is 2.10. The number of hydrogen-bond acceptors (Lipinski definition) is 2. The van der Waals surface area contributed by atoms with E-state index in [9.17, 15) is 4.79 Å². The van der Waals surface area contributed by atoms with Crippen molar-refractivity contribution in [3.8, 4) is 17.2 Å². The molecule has 17 heavy (non-hydrogen) atoms. The molecule has 3 heteroatoms. The lowest BCUT2D eigenvalue weighted by Gasteiger charge is -2.07. The van der Waals surface area contributed by atoms with Gasteiger partial charge in [-0.2, -0.15) is 5.26 Å². The molecule has 0 aliphatic rings. The third-order valence-electron chi connectivity index (χ3n) is 2.50. The lowest BCUT2D eigenvalue weighted by atomic mass is 9.97. The standard InChI is InChI=1S/C14H10N2O/c15-9-10-6-7-12(13(8-10)14(16)17)11-4-2-1-3-5-11/h1-8H,(H2,16,17). The van der Waals surface area contributed by atoms with E-state index < -0.39 is 5.91 Å². The summed E-state index contributed by atoms with van der Waals surface area (Å²) in [6.07, 6.45) is 0. The molecule has 0 heterocycles. The van der Waals surface area contributed by atoms with E-state index in [1.165, 1.54) is 6.07 Å². The highest BCUT2D eigenvalue weighted by molar-refractivity contribution is 6.00. The Hall–Kier alpha value is -2.60. The van der Waals surface area contributed by atoms with Crippen molar-refractivity contribution < 1.29 is 4.79 Å². The predicted molar refractivity (Wildman–Crippen MR) is 65.1 cm³/mol. The van der Waals surface area contributed by atoms with Crippen LogP contribution in [0.4, 0.5) is 0 Å². The van der Waals surface area contributed by atoms with Crippen LogP contribution in [0.2, 0.25) is 0 Å². The van der Waals surface area contributed by atoms with Gasteiger partial charge in [-0.05, 0) is 23.3 Å². The molecular weight excluding hydrogens is 212 g/mol. The quantitative estimate of drug-likeness (QED) is 0.847. The normalized spacial score (nSPS) is 9.59. The fraction of sp³-hybridized carbons (Fsp3) is 0. The zero-order valence-corrected chi connectivity index (χ0v) is 9.05. The van der Waals surface area contributed by atoms with Crippen LogP contribution in [0.15, 0.2) is 48.5 Å². The van der Waals surface area contributed by atoms with Gasteiger partial charge in [-0.1, -0.05) is 36.4 Å². The molecule has 0 saturated heterocycles. The summed E-state index contributed by atoms with van der Waals surface area (Å²) in [6, 6.07) is 16.4. The Balaban J connectivity index is 2.63. The lowest BCUT2D eigenvalue weighted by molar-refractivity contribution is 0.100. The maximum atomic E-state index is 11.4. The fourth-order valence-corrected chi connectivity index (χ4v) is 1.69. The average Bonchev–Trinajstić information content (AvgIpc) is 2.39. The summed E-state index contributed by atoms with van der Waals surface area (Å²) in [6.45, 7) is 0. The van der Waals surface area contributed by atoms with Crippen LogP contribution in [0, 0.1) is 11.3 Å². The molecule has 0 fully saturated rings.